The number of benzene rings is 1. The molecule has 0 unspecified atom stereocenters. The SMILES string of the molecule is O=C(O)c1nc2c(CCc3nnn[nH]3)cc(Cl)cc2[nH]1. The van der Waals surface area contributed by atoms with Gasteiger partial charge in [0.25, 0.3) is 0 Å². The maximum Gasteiger partial charge on any atom is 0.371 e. The number of tetrazole rings is 1. The molecule has 0 aliphatic rings. The summed E-state index contributed by atoms with van der Waals surface area (Å²) in [7, 11) is 0. The Morgan fingerprint density at radius 3 is 2.90 bits per heavy atom. The van der Waals surface area contributed by atoms with Crippen LogP contribution in [0.4, 0.5) is 0 Å². The van der Waals surface area contributed by atoms with E-state index in [0.717, 1.165) is 5.56 Å². The molecule has 0 radical (unpaired) electrons. The third-order valence-electron chi connectivity index (χ3n) is 2.85. The molecule has 2 aromatic heterocycles. The van der Waals surface area contributed by atoms with E-state index in [2.05, 4.69) is 30.6 Å². The second-order valence-electron chi connectivity index (χ2n) is 4.20. The van der Waals surface area contributed by atoms with Crippen molar-refractivity contribution in [3.63, 3.8) is 0 Å². The molecule has 0 spiro atoms. The number of H-pyrrole nitrogens is 2. The Kier molecular flexibility index (Phi) is 3.07. The van der Waals surface area contributed by atoms with Crippen LogP contribution in [0.25, 0.3) is 11.0 Å². The van der Waals surface area contributed by atoms with Crippen molar-refractivity contribution in [3.8, 4) is 0 Å². The minimum Gasteiger partial charge on any atom is -0.475 e. The number of imidazole rings is 1. The van der Waals surface area contributed by atoms with Gasteiger partial charge in [-0.2, -0.15) is 0 Å². The number of nitrogens with zero attached hydrogens (tertiary/aromatic N) is 4. The molecule has 1 aromatic carbocycles. The number of aromatic nitrogens is 6. The summed E-state index contributed by atoms with van der Waals surface area (Å²) in [6, 6.07) is 3.41. The lowest BCUT2D eigenvalue weighted by atomic mass is 10.1. The zero-order valence-corrected chi connectivity index (χ0v) is 10.8. The van der Waals surface area contributed by atoms with E-state index < -0.39 is 5.97 Å². The van der Waals surface area contributed by atoms with Gasteiger partial charge in [-0.1, -0.05) is 11.6 Å². The average Bonchev–Trinajstić information content (AvgIpc) is 3.04. The first-order valence-electron chi connectivity index (χ1n) is 5.77. The molecule has 0 fully saturated rings. The maximum atomic E-state index is 11.0. The van der Waals surface area contributed by atoms with Crippen LogP contribution in [-0.2, 0) is 12.8 Å². The molecule has 8 nitrogen and oxygen atoms in total. The summed E-state index contributed by atoms with van der Waals surface area (Å²) < 4.78 is 0. The van der Waals surface area contributed by atoms with Gasteiger partial charge < -0.3 is 10.1 Å². The summed E-state index contributed by atoms with van der Waals surface area (Å²) in [5.74, 6) is -0.570. The van der Waals surface area contributed by atoms with E-state index in [1.807, 2.05) is 0 Å². The number of carbonyl (C=O) groups is 1. The summed E-state index contributed by atoms with van der Waals surface area (Å²) in [5, 5.41) is 22.9. The largest absolute Gasteiger partial charge is 0.475 e. The molecule has 3 aromatic rings. The highest BCUT2D eigenvalue weighted by molar-refractivity contribution is 6.31. The van der Waals surface area contributed by atoms with Crippen molar-refractivity contribution < 1.29 is 9.90 Å². The third-order valence-corrected chi connectivity index (χ3v) is 3.07. The Morgan fingerprint density at radius 1 is 1.35 bits per heavy atom. The van der Waals surface area contributed by atoms with Gasteiger partial charge >= 0.3 is 5.97 Å². The van der Waals surface area contributed by atoms with E-state index in [1.54, 1.807) is 12.1 Å². The van der Waals surface area contributed by atoms with Crippen LogP contribution >= 0.6 is 11.6 Å². The predicted octanol–water partition coefficient (Wildman–Crippen LogP) is 1.21. The van der Waals surface area contributed by atoms with Crippen LogP contribution in [0.5, 0.6) is 0 Å². The van der Waals surface area contributed by atoms with Gasteiger partial charge in [0.15, 0.2) is 0 Å². The highest BCUT2D eigenvalue weighted by Gasteiger charge is 2.13. The van der Waals surface area contributed by atoms with E-state index in [4.69, 9.17) is 16.7 Å². The summed E-state index contributed by atoms with van der Waals surface area (Å²) in [6.07, 6.45) is 1.18. The van der Waals surface area contributed by atoms with Crippen LogP contribution in [0.3, 0.4) is 0 Å². The molecule has 0 aliphatic carbocycles. The molecular formula is C11H9ClN6O2. The number of nitrogens with one attached hydrogen (secondary N) is 2. The molecule has 102 valence electrons. The Balaban J connectivity index is 1.98. The first kappa shape index (κ1) is 12.5. The fourth-order valence-corrected chi connectivity index (χ4v) is 2.22. The molecule has 20 heavy (non-hydrogen) atoms. The van der Waals surface area contributed by atoms with Crippen LogP contribution in [0.15, 0.2) is 12.1 Å². The quantitative estimate of drug-likeness (QED) is 0.664. The maximum absolute atomic E-state index is 11.0. The molecule has 2 heterocycles. The Morgan fingerprint density at radius 2 is 2.20 bits per heavy atom. The number of halogens is 1. The topological polar surface area (TPSA) is 120 Å². The molecule has 0 aliphatic heterocycles. The highest BCUT2D eigenvalue weighted by Crippen LogP contribution is 2.23. The number of fused-ring (bicyclic) bond motifs is 1. The molecule has 0 saturated heterocycles. The van der Waals surface area contributed by atoms with Gasteiger partial charge in [-0.15, -0.1) is 5.10 Å². The van der Waals surface area contributed by atoms with E-state index >= 15 is 0 Å². The monoisotopic (exact) mass is 292 g/mol. The van der Waals surface area contributed by atoms with Crippen molar-refractivity contribution in [1.82, 2.24) is 30.6 Å². The van der Waals surface area contributed by atoms with Gasteiger partial charge in [-0.25, -0.2) is 14.9 Å². The molecular weight excluding hydrogens is 284 g/mol. The number of aromatic carboxylic acids is 1. The van der Waals surface area contributed by atoms with E-state index in [1.165, 1.54) is 0 Å². The molecule has 0 atom stereocenters. The molecule has 3 N–H and O–H groups in total. The zero-order valence-electron chi connectivity index (χ0n) is 10.1. The number of aromatic amines is 2. The van der Waals surface area contributed by atoms with Crippen LogP contribution in [0.2, 0.25) is 5.02 Å². The summed E-state index contributed by atoms with van der Waals surface area (Å²) in [5.41, 5.74) is 2.03. The average molecular weight is 293 g/mol. The third kappa shape index (κ3) is 2.32. The normalized spacial score (nSPS) is 11.1. The number of aryl methyl sites for hydroxylation is 2. The lowest BCUT2D eigenvalue weighted by Gasteiger charge is -2.01. The van der Waals surface area contributed by atoms with Gasteiger partial charge in [0.1, 0.15) is 5.82 Å². The smallest absolute Gasteiger partial charge is 0.371 e. The fourth-order valence-electron chi connectivity index (χ4n) is 1.98. The van der Waals surface area contributed by atoms with Crippen molar-refractivity contribution in [3.05, 3.63) is 34.4 Å². The number of carboxylic acids is 1. The number of rotatable bonds is 4. The lowest BCUT2D eigenvalue weighted by molar-refractivity contribution is 0.0685. The molecule has 0 saturated carbocycles. The first-order valence-corrected chi connectivity index (χ1v) is 6.15. The van der Waals surface area contributed by atoms with E-state index in [-0.39, 0.29) is 5.82 Å². The van der Waals surface area contributed by atoms with Crippen LogP contribution < -0.4 is 0 Å². The van der Waals surface area contributed by atoms with Gasteiger partial charge in [0, 0.05) is 11.4 Å². The van der Waals surface area contributed by atoms with Crippen molar-refractivity contribution in [2.75, 3.05) is 0 Å². The molecule has 9 heteroatoms. The zero-order chi connectivity index (χ0) is 14.1. The Labute approximate surface area is 117 Å². The summed E-state index contributed by atoms with van der Waals surface area (Å²) in [6.45, 7) is 0. The molecule has 0 amide bonds. The van der Waals surface area contributed by atoms with E-state index in [9.17, 15) is 4.79 Å². The Hall–Kier alpha value is -2.48. The van der Waals surface area contributed by atoms with Crippen LogP contribution in [0.1, 0.15) is 22.0 Å². The second kappa shape index (κ2) is 4.89. The lowest BCUT2D eigenvalue weighted by Crippen LogP contribution is -1.98. The highest BCUT2D eigenvalue weighted by atomic mass is 35.5. The second-order valence-corrected chi connectivity index (χ2v) is 4.64. The standard InChI is InChI=1S/C11H9ClN6O2/c12-6-3-5(1-2-8-15-17-18-16-8)9-7(4-6)13-10(14-9)11(19)20/h3-4H,1-2H2,(H,13,14)(H,19,20)(H,15,16,17,18). The molecule has 3 rings (SSSR count). The van der Waals surface area contributed by atoms with Gasteiger partial charge in [0.2, 0.25) is 5.82 Å². The number of hydrogen-bond acceptors (Lipinski definition) is 5. The van der Waals surface area contributed by atoms with Crippen LogP contribution in [-0.4, -0.2) is 41.7 Å². The molecule has 0 bridgehead atoms. The number of carboxylic acid groups (broad SMARTS) is 1. The first-order chi connectivity index (χ1) is 9.63. The summed E-state index contributed by atoms with van der Waals surface area (Å²) >= 11 is 6.03. The van der Waals surface area contributed by atoms with E-state index in [0.29, 0.717) is 34.7 Å². The van der Waals surface area contributed by atoms with Crippen molar-refractivity contribution in [2.45, 2.75) is 12.8 Å². The van der Waals surface area contributed by atoms with Crippen molar-refractivity contribution in [1.29, 1.82) is 0 Å². The van der Waals surface area contributed by atoms with Crippen molar-refractivity contribution >= 4 is 28.6 Å². The number of hydrogen-bond donors (Lipinski definition) is 3. The Bertz CT molecular complexity index is 767. The van der Waals surface area contributed by atoms with Gasteiger partial charge in [-0.3, -0.25) is 0 Å². The summed E-state index contributed by atoms with van der Waals surface area (Å²) in [4.78, 5) is 17.8. The minimum absolute atomic E-state index is 0.107. The predicted molar refractivity (Wildman–Crippen MR) is 69.6 cm³/mol. The fraction of sp³-hybridized carbons (Fsp3) is 0.182. The van der Waals surface area contributed by atoms with Gasteiger partial charge in [-0.05, 0) is 34.5 Å². The van der Waals surface area contributed by atoms with Crippen molar-refractivity contribution in [2.24, 2.45) is 0 Å². The van der Waals surface area contributed by atoms with Gasteiger partial charge in [0.05, 0.1) is 11.0 Å². The van der Waals surface area contributed by atoms with Crippen LogP contribution in [0, 0.1) is 0 Å². The minimum atomic E-state index is -1.11.